The molecule has 26 heteroatoms. The lowest BCUT2D eigenvalue weighted by Gasteiger charge is -2.47. The van der Waals surface area contributed by atoms with Gasteiger partial charge in [-0.15, -0.1) is 13.2 Å². The molecule has 2 amide bonds. The number of allylic oxidation sites excluding steroid dienone is 2. The Morgan fingerprint density at radius 1 is 0.524 bits per heavy atom. The minimum absolute atomic E-state index is 0.0903. The second-order valence-electron chi connectivity index (χ2n) is 26.6. The average molecular weight is 1540 g/mol. The highest BCUT2D eigenvalue weighted by molar-refractivity contribution is 7.48. The fraction of sp³-hybridized carbons (Fsp3) is 0.805. The van der Waals surface area contributed by atoms with Gasteiger partial charge >= 0.3 is 26.0 Å². The zero-order chi connectivity index (χ0) is 75.6. The quantitative estimate of drug-likeness (QED) is 0.00971. The van der Waals surface area contributed by atoms with Gasteiger partial charge in [0.05, 0.1) is 38.4 Å². The van der Waals surface area contributed by atoms with E-state index in [1.54, 1.807) is 0 Å². The van der Waals surface area contributed by atoms with Crippen LogP contribution >= 0.6 is 42.6 Å². The Morgan fingerprint density at radius 3 is 1.61 bits per heavy atom. The van der Waals surface area contributed by atoms with Gasteiger partial charge in [0.1, 0.15) is 74.9 Å². The van der Waals surface area contributed by atoms with Crippen LogP contribution in [0, 0.1) is 0 Å². The lowest BCUT2D eigenvalue weighted by molar-refractivity contribution is -0.289. The summed E-state index contributed by atoms with van der Waals surface area (Å²) in [5.74, 6) is -1.97. The van der Waals surface area contributed by atoms with Gasteiger partial charge < -0.3 is 63.1 Å². The van der Waals surface area contributed by atoms with Gasteiger partial charge in [-0.3, -0.25) is 23.2 Å². The van der Waals surface area contributed by atoms with Crippen molar-refractivity contribution >= 4 is 72.5 Å². The number of alkyl halides is 3. The summed E-state index contributed by atoms with van der Waals surface area (Å²) in [6, 6.07) is -3.00. The molecular formula is C77H132Cl3N2O20P. The molecule has 0 bridgehead atoms. The monoisotopic (exact) mass is 1540 g/mol. The molecule has 2 aliphatic rings. The smallest absolute Gasteiger partial charge is 0.459 e. The molecule has 0 aromatic rings. The molecule has 0 unspecified atom stereocenters. The van der Waals surface area contributed by atoms with Crippen LogP contribution in [-0.4, -0.2) is 172 Å². The number of rotatable bonds is 66. The zero-order valence-electron chi connectivity index (χ0n) is 63.0. The van der Waals surface area contributed by atoms with Gasteiger partial charge in [-0.05, 0) is 57.8 Å². The van der Waals surface area contributed by atoms with Gasteiger partial charge in [0.2, 0.25) is 9.70 Å². The van der Waals surface area contributed by atoms with E-state index in [0.29, 0.717) is 32.3 Å². The summed E-state index contributed by atoms with van der Waals surface area (Å²) < 4.78 is 92.1. The van der Waals surface area contributed by atoms with E-state index >= 15 is 0 Å². The third-order valence-corrected chi connectivity index (χ3v) is 19.4. The van der Waals surface area contributed by atoms with Crippen LogP contribution in [0.25, 0.3) is 0 Å². The number of unbranched alkanes of at least 4 members (excludes halogenated alkanes) is 27. The van der Waals surface area contributed by atoms with Crippen LogP contribution in [0.15, 0.2) is 62.8 Å². The topological polar surface area (TPSA) is 267 Å². The van der Waals surface area contributed by atoms with E-state index in [1.165, 1.54) is 75.7 Å². The van der Waals surface area contributed by atoms with Crippen molar-refractivity contribution in [3.8, 4) is 0 Å². The Balaban J connectivity index is 2.80. The standard InChI is InChI=1S/C77H132Cl3N2O20P/c1-9-17-21-25-28-31-32-33-35-38-41-45-54-90-62(48-44-39-24-20-12-4)49-56-92-71-67(82-75(87)97-60-77(78,79)80)74(101-64(59-96-76(88)94-51-14-6)69(71)102-103(89,98-52-15-7)99-53-16-8)95-58-63-68(85)70(91-55-46-42-37-30-27-23-19-11-3)66(72(100-63)73(86)93-50-13-5)81-65(84)57-61(83)47-43-40-36-34-29-26-22-18-10-2/h13-16,31-32,62-64,66-72,74,85H,5-12,17-30,33-60H2,1-4H3,(H,81,84)(H,82,87)/b32-31-/t62-,63-,64-,66-,67-,68-,69-,70-,71-,72+,74-/m1/s1. The summed E-state index contributed by atoms with van der Waals surface area (Å²) in [6.07, 6.45) is 28.4. The fourth-order valence-corrected chi connectivity index (χ4v) is 13.5. The fourth-order valence-electron chi connectivity index (χ4n) is 12.0. The molecule has 11 atom stereocenters. The molecule has 103 heavy (non-hydrogen) atoms. The summed E-state index contributed by atoms with van der Waals surface area (Å²) >= 11 is 18.3. The molecule has 3 N–H and O–H groups in total. The highest BCUT2D eigenvalue weighted by Crippen LogP contribution is 2.53. The van der Waals surface area contributed by atoms with Gasteiger partial charge in [0.15, 0.2) is 12.4 Å². The summed E-state index contributed by atoms with van der Waals surface area (Å²) in [7, 11) is -4.75. The number of aliphatic hydroxyl groups excluding tert-OH is 1. The summed E-state index contributed by atoms with van der Waals surface area (Å²) in [5, 5.41) is 18.1. The largest absolute Gasteiger partial charge is 0.508 e. The molecule has 2 fully saturated rings. The van der Waals surface area contributed by atoms with Gasteiger partial charge in [-0.2, -0.15) is 0 Å². The Labute approximate surface area is 633 Å². The van der Waals surface area contributed by atoms with Gasteiger partial charge in [0, 0.05) is 26.2 Å². The second-order valence-corrected chi connectivity index (χ2v) is 30.8. The van der Waals surface area contributed by atoms with E-state index in [-0.39, 0.29) is 57.9 Å². The number of Topliss-reactive ketones (excluding diaryl/α,β-unsaturated/α-hetero) is 1. The van der Waals surface area contributed by atoms with Crippen molar-refractivity contribution in [2.45, 2.75) is 330 Å². The molecule has 2 aliphatic heterocycles. The van der Waals surface area contributed by atoms with Gasteiger partial charge in [-0.25, -0.2) is 18.9 Å². The van der Waals surface area contributed by atoms with Crippen LogP contribution in [0.3, 0.4) is 0 Å². The molecule has 0 aromatic heterocycles. The van der Waals surface area contributed by atoms with Crippen LogP contribution in [0.4, 0.5) is 9.59 Å². The summed E-state index contributed by atoms with van der Waals surface area (Å²) in [4.78, 5) is 69.1. The minimum Gasteiger partial charge on any atom is -0.459 e. The van der Waals surface area contributed by atoms with E-state index in [4.69, 9.17) is 95.7 Å². The number of halogens is 3. The van der Waals surface area contributed by atoms with Crippen LogP contribution in [0.1, 0.15) is 259 Å². The first-order chi connectivity index (χ1) is 49.8. The summed E-state index contributed by atoms with van der Waals surface area (Å²) in [5.41, 5.74) is 0. The SMILES string of the molecule is C=CCOC(=O)OC[C@H]1O[C@@H](OC[C@H]2O[C@H](C(=O)OCC=C)[C@H](NC(=O)CC(=O)CCCCCCCCCCC)[C@@H](OCCCCCCCCCC)[C@@H]2O)[C@H](NC(=O)OCC(Cl)(Cl)Cl)[C@@H](OCC[C@@H](CCCCCCC)OCCCCCC/C=C\CCCCCC)[C@@H]1OP(=O)(OCC=C)OCC=C. The van der Waals surface area contributed by atoms with Crippen molar-refractivity contribution in [2.75, 3.05) is 66.1 Å². The van der Waals surface area contributed by atoms with Crippen LogP contribution in [0.5, 0.6) is 0 Å². The number of ether oxygens (including phenoxy) is 10. The molecule has 2 heterocycles. The van der Waals surface area contributed by atoms with E-state index in [1.807, 2.05) is 0 Å². The van der Waals surface area contributed by atoms with Gasteiger partial charge in [-0.1, -0.05) is 273 Å². The molecular weight excluding hydrogens is 1410 g/mol. The number of alkyl carbamates (subject to hydrolysis) is 1. The normalized spacial score (nSPS) is 21.0. The molecule has 22 nitrogen and oxygen atoms in total. The lowest BCUT2D eigenvalue weighted by Crippen LogP contribution is -2.68. The van der Waals surface area contributed by atoms with Crippen molar-refractivity contribution in [1.82, 2.24) is 10.6 Å². The van der Waals surface area contributed by atoms with Crippen molar-refractivity contribution in [1.29, 1.82) is 0 Å². The lowest BCUT2D eigenvalue weighted by atomic mass is 9.91. The molecule has 0 radical (unpaired) electrons. The van der Waals surface area contributed by atoms with Crippen molar-refractivity contribution in [3.05, 3.63) is 62.8 Å². The average Bonchev–Trinajstić information content (AvgIpc) is 0.781. The first kappa shape index (κ1) is 95.6. The molecule has 0 aromatic carbocycles. The maximum atomic E-state index is 14.9. The maximum Gasteiger partial charge on any atom is 0.508 e. The third kappa shape index (κ3) is 45.9. The first-order valence-corrected chi connectivity index (χ1v) is 41.3. The minimum atomic E-state index is -4.75. The van der Waals surface area contributed by atoms with Crippen LogP contribution < -0.4 is 10.6 Å². The number of amides is 2. The van der Waals surface area contributed by atoms with E-state index in [0.717, 1.165) is 141 Å². The number of aliphatic hydroxyl groups is 1. The van der Waals surface area contributed by atoms with Gasteiger partial charge in [0.25, 0.3) is 0 Å². The summed E-state index contributed by atoms with van der Waals surface area (Å²) in [6.45, 7) is 20.6. The third-order valence-electron chi connectivity index (χ3n) is 17.6. The number of esters is 1. The maximum absolute atomic E-state index is 14.9. The predicted octanol–water partition coefficient (Wildman–Crippen LogP) is 18.2. The number of hydrogen-bond donors (Lipinski definition) is 3. The van der Waals surface area contributed by atoms with Crippen molar-refractivity contribution in [2.24, 2.45) is 0 Å². The molecule has 2 saturated heterocycles. The Morgan fingerprint density at radius 2 is 1.04 bits per heavy atom. The number of hydrogen-bond acceptors (Lipinski definition) is 20. The van der Waals surface area contributed by atoms with Crippen LogP contribution in [0.2, 0.25) is 0 Å². The van der Waals surface area contributed by atoms with Crippen molar-refractivity contribution in [3.63, 3.8) is 0 Å². The molecule has 0 aliphatic carbocycles. The number of nitrogens with one attached hydrogen (secondary N) is 2. The molecule has 596 valence electrons. The Bertz CT molecular complexity index is 2340. The van der Waals surface area contributed by atoms with E-state index < -0.39 is 123 Å². The first-order valence-electron chi connectivity index (χ1n) is 38.7. The van der Waals surface area contributed by atoms with Crippen molar-refractivity contribution < 1.29 is 94.6 Å². The van der Waals surface area contributed by atoms with Crippen LogP contribution in [-0.2, 0) is 79.9 Å². The molecule has 0 saturated carbocycles. The second kappa shape index (κ2) is 61.4. The highest BCUT2D eigenvalue weighted by atomic mass is 35.6. The molecule has 2 rings (SSSR count). The Hall–Kier alpha value is -3.45. The number of carbonyl (C=O) groups excluding carboxylic acids is 5. The number of phosphoric acid groups is 1. The zero-order valence-corrected chi connectivity index (χ0v) is 66.1. The molecule has 0 spiro atoms. The number of phosphoric ester groups is 1. The van der Waals surface area contributed by atoms with E-state index in [2.05, 4.69) is 76.8 Å². The Kier molecular flexibility index (Phi) is 57.0. The highest BCUT2D eigenvalue weighted by Gasteiger charge is 2.55. The predicted molar refractivity (Wildman–Crippen MR) is 405 cm³/mol. The van der Waals surface area contributed by atoms with E-state index in [9.17, 15) is 33.6 Å². The number of ketones is 1. The number of carbonyl (C=O) groups is 5.